The summed E-state index contributed by atoms with van der Waals surface area (Å²) in [4.78, 5) is 10.8. The van der Waals surface area contributed by atoms with Crippen molar-refractivity contribution in [2.75, 3.05) is 5.75 Å². The second kappa shape index (κ2) is 4.96. The lowest BCUT2D eigenvalue weighted by atomic mass is 10.2. The highest BCUT2D eigenvalue weighted by Crippen LogP contribution is 2.35. The summed E-state index contributed by atoms with van der Waals surface area (Å²) in [5, 5.41) is 12.6. The maximum absolute atomic E-state index is 10.8. The highest BCUT2D eigenvalue weighted by molar-refractivity contribution is 9.10. The van der Waals surface area contributed by atoms with Gasteiger partial charge in [-0.2, -0.15) is 0 Å². The normalized spacial score (nSPS) is 24.6. The number of rotatable bonds is 2. The molecule has 0 bridgehead atoms. The maximum Gasteiger partial charge on any atom is 0.321 e. The van der Waals surface area contributed by atoms with Crippen molar-refractivity contribution in [3.05, 3.63) is 33.3 Å². The maximum atomic E-state index is 10.8. The van der Waals surface area contributed by atoms with Crippen LogP contribution in [0.2, 0.25) is 5.02 Å². The second-order valence-electron chi connectivity index (χ2n) is 3.44. The van der Waals surface area contributed by atoms with Gasteiger partial charge >= 0.3 is 5.97 Å². The standard InChI is InChI=1S/C10H9BrClNO2S/c11-6-2-1-5(3-7(6)12)9-13-8(4-16-9)10(14)15/h1-3,8-9,13H,4H2,(H,14,15)/t8-,9?/m0/s1. The minimum Gasteiger partial charge on any atom is -0.480 e. The molecule has 0 saturated carbocycles. The Labute approximate surface area is 111 Å². The first-order valence-corrected chi connectivity index (χ1v) is 6.85. The predicted octanol–water partition coefficient (Wildman–Crippen LogP) is 2.89. The van der Waals surface area contributed by atoms with Gasteiger partial charge in [0.1, 0.15) is 6.04 Å². The van der Waals surface area contributed by atoms with Crippen LogP contribution in [0.4, 0.5) is 0 Å². The van der Waals surface area contributed by atoms with E-state index in [9.17, 15) is 4.79 Å². The lowest BCUT2D eigenvalue weighted by Gasteiger charge is -2.11. The summed E-state index contributed by atoms with van der Waals surface area (Å²) in [5.74, 6) is -0.230. The van der Waals surface area contributed by atoms with E-state index in [0.29, 0.717) is 10.8 Å². The summed E-state index contributed by atoms with van der Waals surface area (Å²) in [6, 6.07) is 5.18. The Bertz CT molecular complexity index is 429. The van der Waals surface area contributed by atoms with Gasteiger partial charge in [-0.15, -0.1) is 11.8 Å². The predicted molar refractivity (Wildman–Crippen MR) is 68.9 cm³/mol. The van der Waals surface area contributed by atoms with Gasteiger partial charge in [-0.3, -0.25) is 10.1 Å². The Balaban J connectivity index is 2.14. The van der Waals surface area contributed by atoms with Crippen molar-refractivity contribution in [1.29, 1.82) is 0 Å². The Morgan fingerprint density at radius 1 is 1.62 bits per heavy atom. The number of carboxylic acids is 1. The van der Waals surface area contributed by atoms with Crippen molar-refractivity contribution in [2.45, 2.75) is 11.4 Å². The molecule has 2 N–H and O–H groups in total. The van der Waals surface area contributed by atoms with Crippen molar-refractivity contribution in [2.24, 2.45) is 0 Å². The molecule has 2 atom stereocenters. The van der Waals surface area contributed by atoms with Crippen LogP contribution in [0.3, 0.4) is 0 Å². The summed E-state index contributed by atoms with van der Waals surface area (Å²) in [7, 11) is 0. The van der Waals surface area contributed by atoms with Gasteiger partial charge in [0.25, 0.3) is 0 Å². The number of halogens is 2. The molecule has 16 heavy (non-hydrogen) atoms. The highest BCUT2D eigenvalue weighted by atomic mass is 79.9. The zero-order valence-electron chi connectivity index (χ0n) is 8.11. The Hall–Kier alpha value is -0.230. The molecule has 0 aromatic heterocycles. The lowest BCUT2D eigenvalue weighted by Crippen LogP contribution is -2.33. The van der Waals surface area contributed by atoms with Crippen LogP contribution in [0.5, 0.6) is 0 Å². The molecule has 3 nitrogen and oxygen atoms in total. The van der Waals surface area contributed by atoms with Crippen molar-refractivity contribution in [1.82, 2.24) is 5.32 Å². The molecule has 86 valence electrons. The summed E-state index contributed by atoms with van der Waals surface area (Å²) in [6.07, 6.45) is 0. The number of carbonyl (C=O) groups is 1. The van der Waals surface area contributed by atoms with Crippen LogP contribution in [-0.2, 0) is 4.79 Å². The van der Waals surface area contributed by atoms with Crippen molar-refractivity contribution in [3.63, 3.8) is 0 Å². The number of thioether (sulfide) groups is 1. The van der Waals surface area contributed by atoms with Crippen LogP contribution >= 0.6 is 39.3 Å². The van der Waals surface area contributed by atoms with Crippen LogP contribution in [0, 0.1) is 0 Å². The first kappa shape index (κ1) is 12.2. The summed E-state index contributed by atoms with van der Waals surface area (Å²) < 4.78 is 0.843. The van der Waals surface area contributed by atoms with E-state index >= 15 is 0 Å². The number of aliphatic carboxylic acids is 1. The van der Waals surface area contributed by atoms with E-state index in [1.807, 2.05) is 18.2 Å². The van der Waals surface area contributed by atoms with Crippen LogP contribution in [0.15, 0.2) is 22.7 Å². The van der Waals surface area contributed by atoms with Gasteiger partial charge in [0.05, 0.1) is 10.4 Å². The van der Waals surface area contributed by atoms with Gasteiger partial charge in [-0.05, 0) is 33.6 Å². The molecule has 0 amide bonds. The molecule has 1 aromatic carbocycles. The largest absolute Gasteiger partial charge is 0.480 e. The van der Waals surface area contributed by atoms with E-state index in [0.717, 1.165) is 10.0 Å². The molecule has 1 unspecified atom stereocenters. The van der Waals surface area contributed by atoms with Gasteiger partial charge in [0, 0.05) is 10.2 Å². The molecular formula is C10H9BrClNO2S. The number of hydrogen-bond acceptors (Lipinski definition) is 3. The molecule has 0 spiro atoms. The zero-order valence-corrected chi connectivity index (χ0v) is 11.3. The molecule has 0 radical (unpaired) electrons. The summed E-state index contributed by atoms with van der Waals surface area (Å²) in [5.41, 5.74) is 1.00. The minimum absolute atomic E-state index is 0.00620. The third kappa shape index (κ3) is 2.53. The zero-order chi connectivity index (χ0) is 11.7. The van der Waals surface area contributed by atoms with Crippen LogP contribution < -0.4 is 5.32 Å². The summed E-state index contributed by atoms with van der Waals surface area (Å²) in [6.45, 7) is 0. The van der Waals surface area contributed by atoms with E-state index in [1.165, 1.54) is 0 Å². The molecule has 6 heteroatoms. The smallest absolute Gasteiger partial charge is 0.321 e. The molecule has 2 rings (SSSR count). The minimum atomic E-state index is -0.807. The third-order valence-corrected chi connectivity index (χ3v) is 4.83. The van der Waals surface area contributed by atoms with E-state index in [4.69, 9.17) is 16.7 Å². The Morgan fingerprint density at radius 2 is 2.38 bits per heavy atom. The molecule has 1 aliphatic heterocycles. The fourth-order valence-electron chi connectivity index (χ4n) is 1.48. The van der Waals surface area contributed by atoms with Gasteiger partial charge in [0.15, 0.2) is 0 Å². The van der Waals surface area contributed by atoms with Crippen molar-refractivity contribution >= 4 is 45.3 Å². The first-order valence-electron chi connectivity index (χ1n) is 4.63. The average molecular weight is 323 g/mol. The fraction of sp³-hybridized carbons (Fsp3) is 0.300. The topological polar surface area (TPSA) is 49.3 Å². The summed E-state index contributed by atoms with van der Waals surface area (Å²) >= 11 is 10.9. The van der Waals surface area contributed by atoms with E-state index in [1.54, 1.807) is 11.8 Å². The fourth-order valence-corrected chi connectivity index (χ4v) is 3.14. The molecule has 1 saturated heterocycles. The van der Waals surface area contributed by atoms with Crippen LogP contribution in [-0.4, -0.2) is 22.9 Å². The molecule has 0 aliphatic carbocycles. The van der Waals surface area contributed by atoms with Crippen LogP contribution in [0.25, 0.3) is 0 Å². The van der Waals surface area contributed by atoms with Gasteiger partial charge in [0.2, 0.25) is 0 Å². The Morgan fingerprint density at radius 3 is 2.94 bits per heavy atom. The van der Waals surface area contributed by atoms with Crippen molar-refractivity contribution in [3.8, 4) is 0 Å². The first-order chi connectivity index (χ1) is 7.58. The van der Waals surface area contributed by atoms with Gasteiger partial charge in [-0.1, -0.05) is 17.7 Å². The Kier molecular flexibility index (Phi) is 3.79. The average Bonchev–Trinajstić information content (AvgIpc) is 2.71. The third-order valence-electron chi connectivity index (χ3n) is 2.33. The number of nitrogens with one attached hydrogen (secondary N) is 1. The highest BCUT2D eigenvalue weighted by Gasteiger charge is 2.30. The number of hydrogen-bond donors (Lipinski definition) is 2. The van der Waals surface area contributed by atoms with Gasteiger partial charge in [-0.25, -0.2) is 0 Å². The molecular weight excluding hydrogens is 314 g/mol. The van der Waals surface area contributed by atoms with E-state index in [-0.39, 0.29) is 5.37 Å². The number of benzene rings is 1. The van der Waals surface area contributed by atoms with Crippen molar-refractivity contribution < 1.29 is 9.90 Å². The molecule has 1 aromatic rings. The number of carboxylic acid groups (broad SMARTS) is 1. The van der Waals surface area contributed by atoms with E-state index in [2.05, 4.69) is 21.2 Å². The lowest BCUT2D eigenvalue weighted by molar-refractivity contribution is -0.138. The molecule has 1 fully saturated rings. The van der Waals surface area contributed by atoms with Gasteiger partial charge < -0.3 is 5.11 Å². The monoisotopic (exact) mass is 321 g/mol. The second-order valence-corrected chi connectivity index (χ2v) is 5.84. The quantitative estimate of drug-likeness (QED) is 0.879. The molecule has 1 heterocycles. The van der Waals surface area contributed by atoms with Crippen LogP contribution in [0.1, 0.15) is 10.9 Å². The van der Waals surface area contributed by atoms with E-state index < -0.39 is 12.0 Å². The molecule has 1 aliphatic rings. The SMILES string of the molecule is O=C(O)[C@@H]1CSC(c2ccc(Br)c(Cl)c2)N1.